The average molecular weight is 336 g/mol. The smallest absolute Gasteiger partial charge is 0.337 e. The third-order valence-electron chi connectivity index (χ3n) is 4.12. The Morgan fingerprint density at radius 2 is 2.04 bits per heavy atom. The summed E-state index contributed by atoms with van der Waals surface area (Å²) in [6, 6.07) is 15.5. The number of para-hydroxylation sites is 1. The van der Waals surface area contributed by atoms with Crippen LogP contribution in [0.4, 0.5) is 11.4 Å². The van der Waals surface area contributed by atoms with Crippen molar-refractivity contribution in [2.24, 2.45) is 0 Å². The predicted molar refractivity (Wildman–Crippen MR) is 97.8 cm³/mol. The minimum Gasteiger partial charge on any atom is -0.465 e. The van der Waals surface area contributed by atoms with Gasteiger partial charge in [0.05, 0.1) is 29.6 Å². The summed E-state index contributed by atoms with van der Waals surface area (Å²) >= 11 is 1.87. The van der Waals surface area contributed by atoms with E-state index in [1.165, 1.54) is 12.7 Å². The zero-order valence-electron chi connectivity index (χ0n) is 13.2. The molecule has 1 aromatic heterocycles. The molecule has 0 atom stereocenters. The maximum atomic E-state index is 11.8. The molecule has 0 saturated carbocycles. The molecule has 2 aromatic carbocycles. The van der Waals surface area contributed by atoms with Crippen LogP contribution in [0, 0.1) is 0 Å². The number of ether oxygens (including phenoxy) is 1. The molecule has 2 heterocycles. The molecule has 5 heteroatoms. The van der Waals surface area contributed by atoms with E-state index >= 15 is 0 Å². The quantitative estimate of drug-likeness (QED) is 0.713. The number of thioether (sulfide) groups is 1. The average Bonchev–Trinajstić information content (AvgIpc) is 3.09. The Balaban J connectivity index is 1.81. The summed E-state index contributed by atoms with van der Waals surface area (Å²) in [5.74, 6) is 1.56. The fourth-order valence-electron chi connectivity index (χ4n) is 2.96. The molecule has 0 saturated heterocycles. The second-order valence-corrected chi connectivity index (χ2v) is 6.60. The van der Waals surface area contributed by atoms with Crippen molar-refractivity contribution in [3.8, 4) is 0 Å². The summed E-state index contributed by atoms with van der Waals surface area (Å²) in [7, 11) is 1.39. The fourth-order valence-corrected chi connectivity index (χ4v) is 4.01. The number of nitrogens with zero attached hydrogens (tertiary/aromatic N) is 1. The lowest BCUT2D eigenvalue weighted by Gasteiger charge is -2.15. The first-order chi connectivity index (χ1) is 11.8. The third kappa shape index (κ3) is 2.61. The second-order valence-electron chi connectivity index (χ2n) is 5.62. The highest BCUT2D eigenvalue weighted by molar-refractivity contribution is 7.98. The van der Waals surface area contributed by atoms with Crippen molar-refractivity contribution in [2.75, 3.05) is 12.4 Å². The summed E-state index contributed by atoms with van der Waals surface area (Å²) in [6.07, 6.45) is 0. The van der Waals surface area contributed by atoms with Gasteiger partial charge in [-0.3, -0.25) is 4.98 Å². The van der Waals surface area contributed by atoms with Gasteiger partial charge in [-0.05, 0) is 24.3 Å². The summed E-state index contributed by atoms with van der Waals surface area (Å²) in [6.45, 7) is 0. The van der Waals surface area contributed by atoms with Crippen molar-refractivity contribution >= 4 is 40.0 Å². The van der Waals surface area contributed by atoms with Crippen LogP contribution < -0.4 is 5.32 Å². The van der Waals surface area contributed by atoms with Gasteiger partial charge in [0.1, 0.15) is 0 Å². The molecule has 4 rings (SSSR count). The van der Waals surface area contributed by atoms with E-state index in [9.17, 15) is 4.79 Å². The Labute approximate surface area is 144 Å². The van der Waals surface area contributed by atoms with Crippen LogP contribution in [0.25, 0.3) is 10.9 Å². The number of nitrogens with one attached hydrogen (secondary N) is 1. The lowest BCUT2D eigenvalue weighted by molar-refractivity contribution is 0.0601. The molecule has 1 aliphatic heterocycles. The lowest BCUT2D eigenvalue weighted by atomic mass is 10.1. The number of anilines is 2. The van der Waals surface area contributed by atoms with Gasteiger partial charge in [-0.2, -0.15) is 11.8 Å². The first-order valence-corrected chi connectivity index (χ1v) is 8.85. The van der Waals surface area contributed by atoms with E-state index in [-0.39, 0.29) is 5.97 Å². The van der Waals surface area contributed by atoms with Crippen LogP contribution >= 0.6 is 11.8 Å². The molecule has 0 unspecified atom stereocenters. The molecule has 1 N–H and O–H groups in total. The lowest BCUT2D eigenvalue weighted by Crippen LogP contribution is -2.03. The number of esters is 1. The van der Waals surface area contributed by atoms with Gasteiger partial charge in [-0.25, -0.2) is 4.79 Å². The van der Waals surface area contributed by atoms with Crippen molar-refractivity contribution in [1.29, 1.82) is 0 Å². The van der Waals surface area contributed by atoms with Crippen molar-refractivity contribution in [2.45, 2.75) is 11.5 Å². The van der Waals surface area contributed by atoms with E-state index in [1.807, 2.05) is 48.2 Å². The molecule has 0 spiro atoms. The molecule has 4 nitrogen and oxygen atoms in total. The molecule has 3 aromatic rings. The van der Waals surface area contributed by atoms with Crippen molar-refractivity contribution in [3.63, 3.8) is 0 Å². The van der Waals surface area contributed by atoms with Gasteiger partial charge in [0.2, 0.25) is 0 Å². The number of methoxy groups -OCH3 is 1. The Morgan fingerprint density at radius 3 is 2.92 bits per heavy atom. The van der Waals surface area contributed by atoms with Gasteiger partial charge in [-0.15, -0.1) is 0 Å². The molecule has 0 aliphatic carbocycles. The van der Waals surface area contributed by atoms with E-state index in [4.69, 9.17) is 9.72 Å². The number of benzene rings is 2. The molecular formula is C19H16N2O2S. The number of pyridine rings is 1. The van der Waals surface area contributed by atoms with Gasteiger partial charge >= 0.3 is 5.97 Å². The molecule has 0 amide bonds. The number of aromatic nitrogens is 1. The third-order valence-corrected chi connectivity index (χ3v) is 5.09. The van der Waals surface area contributed by atoms with E-state index in [0.717, 1.165) is 39.5 Å². The molecule has 1 aliphatic rings. The molecule has 0 radical (unpaired) electrons. The minimum atomic E-state index is -0.334. The monoisotopic (exact) mass is 336 g/mol. The largest absolute Gasteiger partial charge is 0.465 e. The first kappa shape index (κ1) is 15.0. The topological polar surface area (TPSA) is 51.2 Å². The zero-order chi connectivity index (χ0) is 16.5. The van der Waals surface area contributed by atoms with E-state index in [2.05, 4.69) is 11.4 Å². The molecule has 120 valence electrons. The van der Waals surface area contributed by atoms with Crippen molar-refractivity contribution in [1.82, 2.24) is 4.98 Å². The highest BCUT2D eigenvalue weighted by Crippen LogP contribution is 2.39. The van der Waals surface area contributed by atoms with E-state index in [0.29, 0.717) is 5.56 Å². The highest BCUT2D eigenvalue weighted by atomic mass is 32.2. The van der Waals surface area contributed by atoms with Gasteiger partial charge in [-0.1, -0.05) is 24.3 Å². The van der Waals surface area contributed by atoms with E-state index < -0.39 is 0 Å². The minimum absolute atomic E-state index is 0.334. The summed E-state index contributed by atoms with van der Waals surface area (Å²) < 4.78 is 4.81. The molecule has 24 heavy (non-hydrogen) atoms. The Bertz CT molecular complexity index is 940. The number of carbonyl (C=O) groups excluding carboxylic acids is 1. The predicted octanol–water partition coefficient (Wildman–Crippen LogP) is 4.51. The second kappa shape index (κ2) is 6.17. The van der Waals surface area contributed by atoms with Crippen LogP contribution in [-0.2, 0) is 16.2 Å². The van der Waals surface area contributed by atoms with Crippen LogP contribution in [0.2, 0.25) is 0 Å². The van der Waals surface area contributed by atoms with Crippen LogP contribution in [0.5, 0.6) is 0 Å². The van der Waals surface area contributed by atoms with Gasteiger partial charge in [0, 0.05) is 28.1 Å². The van der Waals surface area contributed by atoms with Crippen LogP contribution in [0.1, 0.15) is 21.6 Å². The van der Waals surface area contributed by atoms with Gasteiger partial charge in [0.25, 0.3) is 0 Å². The number of carbonyl (C=O) groups is 1. The highest BCUT2D eigenvalue weighted by Gasteiger charge is 2.20. The molecule has 0 fully saturated rings. The van der Waals surface area contributed by atoms with E-state index in [1.54, 1.807) is 6.07 Å². The number of hydrogen-bond donors (Lipinski definition) is 1. The Kier molecular flexibility index (Phi) is 3.86. The van der Waals surface area contributed by atoms with Crippen molar-refractivity contribution in [3.05, 3.63) is 65.4 Å². The van der Waals surface area contributed by atoms with Crippen LogP contribution in [-0.4, -0.2) is 18.1 Å². The van der Waals surface area contributed by atoms with Crippen LogP contribution in [0.15, 0.2) is 48.5 Å². The maximum Gasteiger partial charge on any atom is 0.337 e. The maximum absolute atomic E-state index is 11.8. The van der Waals surface area contributed by atoms with Gasteiger partial charge in [0.15, 0.2) is 0 Å². The fraction of sp³-hybridized carbons (Fsp3) is 0.158. The normalized spacial score (nSPS) is 12.9. The Morgan fingerprint density at radius 1 is 1.17 bits per heavy atom. The van der Waals surface area contributed by atoms with Gasteiger partial charge < -0.3 is 10.1 Å². The summed E-state index contributed by atoms with van der Waals surface area (Å²) in [5.41, 5.74) is 5.88. The summed E-state index contributed by atoms with van der Waals surface area (Å²) in [4.78, 5) is 16.5. The molecule has 0 bridgehead atoms. The number of hydrogen-bond acceptors (Lipinski definition) is 5. The Hall–Kier alpha value is -2.53. The molecular weight excluding hydrogens is 320 g/mol. The van der Waals surface area contributed by atoms with Crippen molar-refractivity contribution < 1.29 is 9.53 Å². The first-order valence-electron chi connectivity index (χ1n) is 7.70. The number of rotatable bonds is 3. The zero-order valence-corrected chi connectivity index (χ0v) is 14.0. The van der Waals surface area contributed by atoms with Crippen LogP contribution in [0.3, 0.4) is 0 Å². The SMILES string of the molecule is COC(=O)c1cccc(Nc2c3c(nc4ccccc24)CSC3)c1. The summed E-state index contributed by atoms with van der Waals surface area (Å²) in [5, 5.41) is 4.60. The standard InChI is InChI=1S/C19H16N2O2S/c1-23-19(22)12-5-4-6-13(9-12)20-18-14-7-2-3-8-16(14)21-17-11-24-10-15(17)18/h2-9H,10-11H2,1H3,(H,20,21). The number of fused-ring (bicyclic) bond motifs is 2.